The van der Waals surface area contributed by atoms with E-state index in [-0.39, 0.29) is 29.5 Å². The Balaban J connectivity index is 2.18. The molecular formula is C12H17NO5S2. The molecule has 20 heavy (non-hydrogen) atoms. The minimum atomic E-state index is -3.63. The molecule has 0 aromatic heterocycles. The highest BCUT2D eigenvalue weighted by Gasteiger charge is 2.31. The summed E-state index contributed by atoms with van der Waals surface area (Å²) < 4.78 is 53.9. The summed E-state index contributed by atoms with van der Waals surface area (Å²) in [6.45, 7) is 2.38. The Labute approximate surface area is 119 Å². The predicted octanol–water partition coefficient (Wildman–Crippen LogP) is 0.504. The van der Waals surface area contributed by atoms with Crippen LogP contribution in [0.25, 0.3) is 0 Å². The van der Waals surface area contributed by atoms with Crippen LogP contribution in [0.15, 0.2) is 29.2 Å². The van der Waals surface area contributed by atoms with Gasteiger partial charge in [-0.05, 0) is 31.2 Å². The van der Waals surface area contributed by atoms with Crippen molar-refractivity contribution in [3.8, 4) is 5.75 Å². The number of nitrogens with zero attached hydrogens (tertiary/aromatic N) is 1. The smallest absolute Gasteiger partial charge is 0.243 e. The van der Waals surface area contributed by atoms with Gasteiger partial charge in [0.1, 0.15) is 5.75 Å². The van der Waals surface area contributed by atoms with E-state index < -0.39 is 19.9 Å². The molecule has 2 rings (SSSR count). The molecule has 8 heteroatoms. The SMILES string of the molecule is CCOc1ccc(S(=O)(=O)N2CCS(=O)(=O)CC2)cc1. The minimum Gasteiger partial charge on any atom is -0.494 e. The quantitative estimate of drug-likeness (QED) is 0.807. The summed E-state index contributed by atoms with van der Waals surface area (Å²) in [4.78, 5) is 0.153. The fourth-order valence-corrected chi connectivity index (χ4v) is 4.83. The van der Waals surface area contributed by atoms with Crippen LogP contribution in [0.2, 0.25) is 0 Å². The van der Waals surface area contributed by atoms with Crippen LogP contribution in [0, 0.1) is 0 Å². The van der Waals surface area contributed by atoms with E-state index in [4.69, 9.17) is 4.74 Å². The second kappa shape index (κ2) is 5.71. The van der Waals surface area contributed by atoms with Crippen LogP contribution in [0.5, 0.6) is 5.75 Å². The van der Waals surface area contributed by atoms with Gasteiger partial charge in [-0.2, -0.15) is 4.31 Å². The van der Waals surface area contributed by atoms with E-state index in [2.05, 4.69) is 0 Å². The molecule has 0 spiro atoms. The Hall–Kier alpha value is -1.12. The molecule has 0 bridgehead atoms. The average molecular weight is 319 g/mol. The lowest BCUT2D eigenvalue weighted by Gasteiger charge is -2.25. The summed E-state index contributed by atoms with van der Waals surface area (Å²) in [7, 11) is -6.73. The van der Waals surface area contributed by atoms with Gasteiger partial charge < -0.3 is 4.74 Å². The number of hydrogen-bond acceptors (Lipinski definition) is 5. The Morgan fingerprint density at radius 1 is 1.15 bits per heavy atom. The van der Waals surface area contributed by atoms with Crippen LogP contribution in [-0.2, 0) is 19.9 Å². The normalized spacial score (nSPS) is 19.6. The maximum atomic E-state index is 12.4. The van der Waals surface area contributed by atoms with Crippen molar-refractivity contribution in [1.82, 2.24) is 4.31 Å². The van der Waals surface area contributed by atoms with Crippen molar-refractivity contribution >= 4 is 19.9 Å². The molecule has 0 unspecified atom stereocenters. The molecule has 1 aliphatic rings. The first-order valence-electron chi connectivity index (χ1n) is 6.28. The van der Waals surface area contributed by atoms with E-state index in [1.807, 2.05) is 6.92 Å². The first-order chi connectivity index (χ1) is 9.35. The first kappa shape index (κ1) is 15.3. The van der Waals surface area contributed by atoms with Gasteiger partial charge in [-0.1, -0.05) is 0 Å². The van der Waals surface area contributed by atoms with Crippen LogP contribution in [0.3, 0.4) is 0 Å². The standard InChI is InChI=1S/C12H17NO5S2/c1-2-18-11-3-5-12(6-4-11)20(16,17)13-7-9-19(14,15)10-8-13/h3-6H,2,7-10H2,1H3. The van der Waals surface area contributed by atoms with E-state index in [0.717, 1.165) is 0 Å². The van der Waals surface area contributed by atoms with E-state index >= 15 is 0 Å². The largest absolute Gasteiger partial charge is 0.494 e. The van der Waals surface area contributed by atoms with Crippen molar-refractivity contribution in [2.75, 3.05) is 31.2 Å². The van der Waals surface area contributed by atoms with Gasteiger partial charge in [0.05, 0.1) is 23.0 Å². The third-order valence-corrected chi connectivity index (χ3v) is 6.60. The van der Waals surface area contributed by atoms with Crippen molar-refractivity contribution in [3.63, 3.8) is 0 Å². The second-order valence-electron chi connectivity index (χ2n) is 4.46. The molecule has 6 nitrogen and oxygen atoms in total. The Kier molecular flexibility index (Phi) is 4.36. The number of benzene rings is 1. The van der Waals surface area contributed by atoms with Gasteiger partial charge in [0, 0.05) is 13.1 Å². The lowest BCUT2D eigenvalue weighted by molar-refractivity contribution is 0.340. The average Bonchev–Trinajstić information content (AvgIpc) is 2.39. The van der Waals surface area contributed by atoms with Gasteiger partial charge in [0.15, 0.2) is 9.84 Å². The second-order valence-corrected chi connectivity index (χ2v) is 8.70. The predicted molar refractivity (Wildman–Crippen MR) is 75.0 cm³/mol. The molecule has 112 valence electrons. The highest BCUT2D eigenvalue weighted by atomic mass is 32.2. The highest BCUT2D eigenvalue weighted by Crippen LogP contribution is 2.21. The lowest BCUT2D eigenvalue weighted by atomic mass is 10.3. The summed E-state index contributed by atoms with van der Waals surface area (Å²) in [6, 6.07) is 6.14. The molecule has 0 N–H and O–H groups in total. The zero-order valence-electron chi connectivity index (χ0n) is 11.1. The van der Waals surface area contributed by atoms with Gasteiger partial charge in [-0.3, -0.25) is 0 Å². The summed E-state index contributed by atoms with van der Waals surface area (Å²) in [5, 5.41) is 0. The summed E-state index contributed by atoms with van der Waals surface area (Å²) >= 11 is 0. The molecule has 1 aromatic carbocycles. The lowest BCUT2D eigenvalue weighted by Crippen LogP contribution is -2.43. The van der Waals surface area contributed by atoms with Crippen molar-refractivity contribution in [2.45, 2.75) is 11.8 Å². The molecule has 1 fully saturated rings. The van der Waals surface area contributed by atoms with Gasteiger partial charge in [-0.25, -0.2) is 16.8 Å². The van der Waals surface area contributed by atoms with Crippen LogP contribution in [0.1, 0.15) is 6.92 Å². The van der Waals surface area contributed by atoms with Gasteiger partial charge in [0.25, 0.3) is 0 Å². The molecule has 0 atom stereocenters. The molecule has 0 aliphatic carbocycles. The van der Waals surface area contributed by atoms with Crippen molar-refractivity contribution in [1.29, 1.82) is 0 Å². The molecule has 0 amide bonds. The van der Waals surface area contributed by atoms with Gasteiger partial charge >= 0.3 is 0 Å². The molecule has 1 heterocycles. The van der Waals surface area contributed by atoms with Crippen molar-refractivity contribution in [3.05, 3.63) is 24.3 Å². The fraction of sp³-hybridized carbons (Fsp3) is 0.500. The highest BCUT2D eigenvalue weighted by molar-refractivity contribution is 7.92. The van der Waals surface area contributed by atoms with Gasteiger partial charge in [-0.15, -0.1) is 0 Å². The topological polar surface area (TPSA) is 80.8 Å². The van der Waals surface area contributed by atoms with Crippen LogP contribution < -0.4 is 4.74 Å². The molecule has 0 radical (unpaired) electrons. The van der Waals surface area contributed by atoms with Crippen molar-refractivity contribution < 1.29 is 21.6 Å². The third kappa shape index (κ3) is 3.31. The van der Waals surface area contributed by atoms with E-state index in [1.54, 1.807) is 12.1 Å². The van der Waals surface area contributed by atoms with E-state index in [0.29, 0.717) is 12.4 Å². The summed E-state index contributed by atoms with van der Waals surface area (Å²) in [5.74, 6) is 0.361. The molecule has 1 aliphatic heterocycles. The summed E-state index contributed by atoms with van der Waals surface area (Å²) in [6.07, 6.45) is 0. The van der Waals surface area contributed by atoms with E-state index in [9.17, 15) is 16.8 Å². The number of hydrogen-bond donors (Lipinski definition) is 0. The molecule has 0 saturated carbocycles. The van der Waals surface area contributed by atoms with Crippen LogP contribution in [0.4, 0.5) is 0 Å². The Morgan fingerprint density at radius 3 is 2.20 bits per heavy atom. The number of rotatable bonds is 4. The van der Waals surface area contributed by atoms with Gasteiger partial charge in [0.2, 0.25) is 10.0 Å². The van der Waals surface area contributed by atoms with Crippen molar-refractivity contribution in [2.24, 2.45) is 0 Å². The zero-order valence-corrected chi connectivity index (χ0v) is 12.8. The fourth-order valence-electron chi connectivity index (χ4n) is 1.96. The Bertz CT molecular complexity index is 650. The first-order valence-corrected chi connectivity index (χ1v) is 9.55. The maximum absolute atomic E-state index is 12.4. The summed E-state index contributed by atoms with van der Waals surface area (Å²) in [5.41, 5.74) is 0. The maximum Gasteiger partial charge on any atom is 0.243 e. The van der Waals surface area contributed by atoms with Crippen LogP contribution >= 0.6 is 0 Å². The Morgan fingerprint density at radius 2 is 1.70 bits per heavy atom. The van der Waals surface area contributed by atoms with E-state index in [1.165, 1.54) is 16.4 Å². The molecule has 1 aromatic rings. The monoisotopic (exact) mass is 319 g/mol. The number of ether oxygens (including phenoxy) is 1. The number of sulfonamides is 1. The molecule has 1 saturated heterocycles. The number of sulfone groups is 1. The van der Waals surface area contributed by atoms with Crippen LogP contribution in [-0.4, -0.2) is 52.3 Å². The minimum absolute atomic E-state index is 0.0118. The third-order valence-electron chi connectivity index (χ3n) is 3.08. The molecular weight excluding hydrogens is 302 g/mol. The zero-order chi connectivity index (χ0) is 14.8.